The van der Waals surface area contributed by atoms with Crippen LogP contribution in [0.2, 0.25) is 0 Å². The lowest BCUT2D eigenvalue weighted by Gasteiger charge is -2.05. The second kappa shape index (κ2) is 5.60. The minimum Gasteiger partial charge on any atom is -0.316 e. The molecule has 1 aromatic rings. The van der Waals surface area contributed by atoms with E-state index in [9.17, 15) is 4.79 Å². The Hall–Kier alpha value is -0.670. The number of rotatable bonds is 5. The maximum absolute atomic E-state index is 11.8. The lowest BCUT2D eigenvalue weighted by molar-refractivity contribution is -0.119. The molecule has 1 aliphatic rings. The molecular formula is C13H19NOS. The van der Waals surface area contributed by atoms with Gasteiger partial charge in [0.2, 0.25) is 0 Å². The number of hydrogen-bond donors (Lipinski definition) is 1. The molecule has 0 amide bonds. The van der Waals surface area contributed by atoms with Gasteiger partial charge in [0.15, 0.2) is 0 Å². The number of hydrogen-bond acceptors (Lipinski definition) is 3. The van der Waals surface area contributed by atoms with Gasteiger partial charge in [-0.3, -0.25) is 4.79 Å². The van der Waals surface area contributed by atoms with Crippen LogP contribution in [0.15, 0.2) is 12.1 Å². The molecule has 1 fully saturated rings. The highest BCUT2D eigenvalue weighted by Crippen LogP contribution is 2.20. The number of carbonyl (C=O) groups is 1. The molecule has 16 heavy (non-hydrogen) atoms. The summed E-state index contributed by atoms with van der Waals surface area (Å²) < 4.78 is 0. The van der Waals surface area contributed by atoms with Gasteiger partial charge in [-0.1, -0.05) is 6.92 Å². The van der Waals surface area contributed by atoms with Crippen molar-refractivity contribution in [1.82, 2.24) is 5.32 Å². The van der Waals surface area contributed by atoms with Crippen LogP contribution in [-0.2, 0) is 17.6 Å². The molecule has 88 valence electrons. The standard InChI is InChI=1S/C13H19NOS/c1-2-12-3-4-13(16-12)8-11(15)7-10-5-6-14-9-10/h3-4,10,14H,2,5-9H2,1H3. The van der Waals surface area contributed by atoms with Crippen LogP contribution in [0.25, 0.3) is 0 Å². The maximum Gasteiger partial charge on any atom is 0.138 e. The smallest absolute Gasteiger partial charge is 0.138 e. The molecule has 0 radical (unpaired) electrons. The zero-order chi connectivity index (χ0) is 11.4. The molecule has 0 saturated carbocycles. The van der Waals surface area contributed by atoms with Crippen LogP contribution in [0.4, 0.5) is 0 Å². The minimum atomic E-state index is 0.401. The van der Waals surface area contributed by atoms with E-state index in [1.165, 1.54) is 9.75 Å². The third kappa shape index (κ3) is 3.16. The molecule has 0 bridgehead atoms. The van der Waals surface area contributed by atoms with E-state index < -0.39 is 0 Å². The molecule has 3 heteroatoms. The monoisotopic (exact) mass is 237 g/mol. The predicted octanol–water partition coefficient (Wildman–Crippen LogP) is 2.42. The second-order valence-corrected chi connectivity index (χ2v) is 5.75. The number of Topliss-reactive ketones (excluding diaryl/α,β-unsaturated/α-hetero) is 1. The van der Waals surface area contributed by atoms with Crippen LogP contribution in [0.1, 0.15) is 29.5 Å². The lowest BCUT2D eigenvalue weighted by Crippen LogP contribution is -2.13. The first-order valence-electron chi connectivity index (χ1n) is 6.08. The minimum absolute atomic E-state index is 0.401. The number of carbonyl (C=O) groups excluding carboxylic acids is 1. The molecule has 0 spiro atoms. The number of thiophene rings is 1. The summed E-state index contributed by atoms with van der Waals surface area (Å²) in [5, 5.41) is 3.31. The number of nitrogens with one attached hydrogen (secondary N) is 1. The van der Waals surface area contributed by atoms with Crippen LogP contribution in [0.3, 0.4) is 0 Å². The first kappa shape index (κ1) is 11.8. The Morgan fingerprint density at radius 3 is 2.94 bits per heavy atom. The van der Waals surface area contributed by atoms with Gasteiger partial charge >= 0.3 is 0 Å². The Bertz CT molecular complexity index is 353. The summed E-state index contributed by atoms with van der Waals surface area (Å²) >= 11 is 1.78. The second-order valence-electron chi connectivity index (χ2n) is 4.50. The topological polar surface area (TPSA) is 29.1 Å². The molecule has 1 unspecified atom stereocenters. The average Bonchev–Trinajstić information content (AvgIpc) is 2.89. The van der Waals surface area contributed by atoms with Gasteiger partial charge in [-0.15, -0.1) is 11.3 Å². The van der Waals surface area contributed by atoms with Gasteiger partial charge < -0.3 is 5.32 Å². The molecule has 1 atom stereocenters. The Labute approximate surface area is 101 Å². The summed E-state index contributed by atoms with van der Waals surface area (Å²) in [6.07, 6.45) is 3.63. The van der Waals surface area contributed by atoms with E-state index in [2.05, 4.69) is 24.4 Å². The molecule has 2 heterocycles. The highest BCUT2D eigenvalue weighted by atomic mass is 32.1. The van der Waals surface area contributed by atoms with E-state index in [4.69, 9.17) is 0 Å². The van der Waals surface area contributed by atoms with Crippen LogP contribution in [-0.4, -0.2) is 18.9 Å². The van der Waals surface area contributed by atoms with Crippen molar-refractivity contribution in [2.24, 2.45) is 5.92 Å². The highest BCUT2D eigenvalue weighted by Gasteiger charge is 2.18. The van der Waals surface area contributed by atoms with Gasteiger partial charge in [-0.2, -0.15) is 0 Å². The van der Waals surface area contributed by atoms with E-state index in [0.29, 0.717) is 18.1 Å². The van der Waals surface area contributed by atoms with Crippen molar-refractivity contribution >= 4 is 17.1 Å². The van der Waals surface area contributed by atoms with Crippen molar-refractivity contribution in [1.29, 1.82) is 0 Å². The molecule has 0 aliphatic carbocycles. The van der Waals surface area contributed by atoms with Crippen molar-refractivity contribution in [3.63, 3.8) is 0 Å². The molecule has 2 rings (SSSR count). The molecule has 1 aromatic heterocycles. The molecule has 1 saturated heterocycles. The highest BCUT2D eigenvalue weighted by molar-refractivity contribution is 7.12. The number of ketones is 1. The van der Waals surface area contributed by atoms with Crippen LogP contribution < -0.4 is 5.32 Å². The summed E-state index contributed by atoms with van der Waals surface area (Å²) in [4.78, 5) is 14.5. The Morgan fingerprint density at radius 1 is 1.50 bits per heavy atom. The molecule has 0 aromatic carbocycles. The predicted molar refractivity (Wildman–Crippen MR) is 68.0 cm³/mol. The average molecular weight is 237 g/mol. The van der Waals surface area contributed by atoms with Gasteiger partial charge in [-0.25, -0.2) is 0 Å². The van der Waals surface area contributed by atoms with Crippen LogP contribution in [0, 0.1) is 5.92 Å². The van der Waals surface area contributed by atoms with E-state index in [1.54, 1.807) is 11.3 Å². The summed E-state index contributed by atoms with van der Waals surface area (Å²) in [6.45, 7) is 4.26. The van der Waals surface area contributed by atoms with Crippen molar-refractivity contribution in [3.05, 3.63) is 21.9 Å². The first-order valence-corrected chi connectivity index (χ1v) is 6.89. The molecule has 1 N–H and O–H groups in total. The molecule has 1 aliphatic heterocycles. The van der Waals surface area contributed by atoms with Crippen molar-refractivity contribution in [3.8, 4) is 0 Å². The van der Waals surface area contributed by atoms with Crippen molar-refractivity contribution in [2.75, 3.05) is 13.1 Å². The Morgan fingerprint density at radius 2 is 2.31 bits per heavy atom. The largest absolute Gasteiger partial charge is 0.316 e. The van der Waals surface area contributed by atoms with Gasteiger partial charge in [-0.05, 0) is 44.0 Å². The van der Waals surface area contributed by atoms with Gasteiger partial charge in [0.05, 0.1) is 0 Å². The summed E-state index contributed by atoms with van der Waals surface area (Å²) in [6, 6.07) is 4.25. The van der Waals surface area contributed by atoms with Crippen molar-refractivity contribution < 1.29 is 4.79 Å². The van der Waals surface area contributed by atoms with Gasteiger partial charge in [0.25, 0.3) is 0 Å². The van der Waals surface area contributed by atoms with Crippen LogP contribution in [0.5, 0.6) is 0 Å². The Kier molecular flexibility index (Phi) is 4.13. The summed E-state index contributed by atoms with van der Waals surface area (Å²) in [7, 11) is 0. The van der Waals surface area contributed by atoms with E-state index in [1.807, 2.05) is 0 Å². The SMILES string of the molecule is CCc1ccc(CC(=O)CC2CCNC2)s1. The lowest BCUT2D eigenvalue weighted by atomic mass is 10.00. The maximum atomic E-state index is 11.8. The number of aryl methyl sites for hydroxylation is 1. The fourth-order valence-electron chi connectivity index (χ4n) is 2.18. The summed E-state index contributed by atoms with van der Waals surface area (Å²) in [5.41, 5.74) is 0. The van der Waals surface area contributed by atoms with E-state index in [0.717, 1.165) is 32.4 Å². The quantitative estimate of drug-likeness (QED) is 0.852. The normalized spacial score (nSPS) is 20.2. The summed E-state index contributed by atoms with van der Waals surface area (Å²) in [5.74, 6) is 0.983. The van der Waals surface area contributed by atoms with Gasteiger partial charge in [0, 0.05) is 22.6 Å². The fraction of sp³-hybridized carbons (Fsp3) is 0.615. The van der Waals surface area contributed by atoms with E-state index >= 15 is 0 Å². The third-order valence-corrected chi connectivity index (χ3v) is 4.35. The first-order chi connectivity index (χ1) is 7.78. The van der Waals surface area contributed by atoms with E-state index in [-0.39, 0.29) is 0 Å². The fourth-order valence-corrected chi connectivity index (χ4v) is 3.17. The Balaban J connectivity index is 1.81. The molecule has 2 nitrogen and oxygen atoms in total. The third-order valence-electron chi connectivity index (χ3n) is 3.12. The molecular weight excluding hydrogens is 218 g/mol. The van der Waals surface area contributed by atoms with Crippen molar-refractivity contribution in [2.45, 2.75) is 32.6 Å². The van der Waals surface area contributed by atoms with Gasteiger partial charge in [0.1, 0.15) is 5.78 Å². The zero-order valence-electron chi connectivity index (χ0n) is 9.79. The zero-order valence-corrected chi connectivity index (χ0v) is 10.6. The van der Waals surface area contributed by atoms with Crippen LogP contribution >= 0.6 is 11.3 Å².